The molecule has 0 aliphatic rings. The van der Waals surface area contributed by atoms with Gasteiger partial charge in [0.1, 0.15) is 0 Å². The maximum absolute atomic E-state index is 9.12. The van der Waals surface area contributed by atoms with E-state index in [-0.39, 0.29) is 34.1 Å². The average molecular weight is 177 g/mol. The summed E-state index contributed by atoms with van der Waals surface area (Å²) in [5.74, 6) is -1.65. The molecule has 0 aromatic rings. The number of halogens is 2. The summed E-state index contributed by atoms with van der Waals surface area (Å²) < 4.78 is 0. The molecule has 0 amide bonds. The second-order valence-electron chi connectivity index (χ2n) is 0.506. The van der Waals surface area contributed by atoms with Crippen LogP contribution < -0.4 is 17.5 Å². The molecule has 0 heterocycles. The van der Waals surface area contributed by atoms with Crippen LogP contribution in [0, 0.1) is 0 Å². The third-order valence-electron chi connectivity index (χ3n) is 0.109. The van der Waals surface area contributed by atoms with Gasteiger partial charge in [-0.1, -0.05) is 0 Å². The summed E-state index contributed by atoms with van der Waals surface area (Å²) in [6, 6.07) is 0. The standard InChI is InChI=1S/C2H3ClO2.ClH.Ti/c3-1-2(4)5;;/h1H2,(H,4,5);1H;/q;;+2/p-2. The van der Waals surface area contributed by atoms with Crippen LogP contribution in [0.2, 0.25) is 0 Å². The predicted octanol–water partition coefficient (Wildman–Crippen LogP) is -4.02. The molecule has 0 aromatic carbocycles. The fourth-order valence-corrected chi connectivity index (χ4v) is 0. The Morgan fingerprint density at radius 3 is 1.86 bits per heavy atom. The molecule has 0 radical (unpaired) electrons. The fourth-order valence-electron chi connectivity index (χ4n) is 0. The molecule has 40 valence electrons. The monoisotopic (exact) mass is 176 g/mol. The number of rotatable bonds is 1. The van der Waals surface area contributed by atoms with Gasteiger partial charge in [0.05, 0.1) is 11.8 Å². The van der Waals surface area contributed by atoms with Crippen LogP contribution in [-0.2, 0) is 26.5 Å². The summed E-state index contributed by atoms with van der Waals surface area (Å²) in [6.45, 7) is 0. The van der Waals surface area contributed by atoms with Gasteiger partial charge in [0.25, 0.3) is 0 Å². The van der Waals surface area contributed by atoms with E-state index in [0.29, 0.717) is 0 Å². The van der Waals surface area contributed by atoms with Crippen molar-refractivity contribution in [3.05, 3.63) is 0 Å². The molecular formula is C2H2Cl2O2Ti. The number of carbonyl (C=O) groups excluding carboxylic acids is 1. The summed E-state index contributed by atoms with van der Waals surface area (Å²) in [5.41, 5.74) is 0. The van der Waals surface area contributed by atoms with Gasteiger partial charge in [0.15, 0.2) is 0 Å². The Balaban J connectivity index is -0.0000000800. The molecule has 5 heteroatoms. The molecule has 0 aliphatic carbocycles. The van der Waals surface area contributed by atoms with Crippen molar-refractivity contribution in [1.29, 1.82) is 0 Å². The molecule has 0 N–H and O–H groups in total. The average Bonchev–Trinajstić information content (AvgIpc) is 1.38. The van der Waals surface area contributed by atoms with Crippen molar-refractivity contribution in [1.82, 2.24) is 0 Å². The molecule has 0 fully saturated rings. The normalized spacial score (nSPS) is 5.29. The minimum atomic E-state index is -1.23. The number of carboxylic acid groups (broad SMARTS) is 1. The Morgan fingerprint density at radius 1 is 1.71 bits per heavy atom. The number of hydrogen-bond donors (Lipinski definition) is 0. The van der Waals surface area contributed by atoms with Crippen LogP contribution in [0.1, 0.15) is 0 Å². The van der Waals surface area contributed by atoms with Gasteiger partial charge in [0, 0.05) is 0 Å². The quantitative estimate of drug-likeness (QED) is 0.302. The van der Waals surface area contributed by atoms with Gasteiger partial charge in [-0.2, -0.15) is 0 Å². The van der Waals surface area contributed by atoms with Crippen molar-refractivity contribution in [3.8, 4) is 0 Å². The van der Waals surface area contributed by atoms with Gasteiger partial charge in [-0.05, 0) is 0 Å². The van der Waals surface area contributed by atoms with Crippen LogP contribution >= 0.6 is 11.6 Å². The summed E-state index contributed by atoms with van der Waals surface area (Å²) in [7, 11) is 0. The van der Waals surface area contributed by atoms with E-state index in [1.54, 1.807) is 0 Å². The van der Waals surface area contributed by atoms with Crippen LogP contribution in [-0.4, -0.2) is 11.8 Å². The molecule has 0 atom stereocenters. The summed E-state index contributed by atoms with van der Waals surface area (Å²) in [6.07, 6.45) is 0. The number of alkyl halides is 1. The zero-order chi connectivity index (χ0) is 4.28. The van der Waals surface area contributed by atoms with Crippen LogP contribution in [0.5, 0.6) is 0 Å². The molecule has 0 unspecified atom stereocenters. The van der Waals surface area contributed by atoms with Crippen molar-refractivity contribution >= 4 is 17.6 Å². The van der Waals surface area contributed by atoms with Crippen LogP contribution in [0.4, 0.5) is 0 Å². The number of carboxylic acids is 1. The third kappa shape index (κ3) is 20.1. The maximum Gasteiger partial charge on any atom is 2.00 e. The minimum absolute atomic E-state index is 0. The first-order valence-electron chi connectivity index (χ1n) is 1.03. The summed E-state index contributed by atoms with van der Waals surface area (Å²) in [4.78, 5) is 9.12. The Labute approximate surface area is 67.5 Å². The van der Waals surface area contributed by atoms with Gasteiger partial charge in [-0.15, -0.1) is 11.6 Å². The molecule has 0 aromatic heterocycles. The molecule has 2 nitrogen and oxygen atoms in total. The first-order chi connectivity index (χ1) is 2.27. The molecule has 7 heavy (non-hydrogen) atoms. The van der Waals surface area contributed by atoms with Crippen LogP contribution in [0.3, 0.4) is 0 Å². The molecule has 0 spiro atoms. The Hall–Kier alpha value is 0.764. The molecule has 0 rings (SSSR count). The Morgan fingerprint density at radius 2 is 1.86 bits per heavy atom. The largest absolute Gasteiger partial charge is 2.00 e. The molecular weight excluding hydrogens is 175 g/mol. The molecule has 0 saturated heterocycles. The number of aliphatic carboxylic acids is 1. The van der Waals surface area contributed by atoms with Crippen molar-refractivity contribution in [2.75, 3.05) is 5.88 Å². The van der Waals surface area contributed by atoms with Gasteiger partial charge in [-0.25, -0.2) is 0 Å². The zero-order valence-electron chi connectivity index (χ0n) is 3.28. The van der Waals surface area contributed by atoms with E-state index >= 15 is 0 Å². The van der Waals surface area contributed by atoms with E-state index in [4.69, 9.17) is 9.90 Å². The van der Waals surface area contributed by atoms with Crippen LogP contribution in [0.15, 0.2) is 0 Å². The molecule has 0 aliphatic heterocycles. The topological polar surface area (TPSA) is 40.1 Å². The number of carbonyl (C=O) groups is 1. The van der Waals surface area contributed by atoms with E-state index in [1.807, 2.05) is 0 Å². The van der Waals surface area contributed by atoms with Crippen molar-refractivity contribution in [3.63, 3.8) is 0 Å². The predicted molar refractivity (Wildman–Crippen MR) is 15.7 cm³/mol. The van der Waals surface area contributed by atoms with Gasteiger partial charge < -0.3 is 22.3 Å². The number of hydrogen-bond acceptors (Lipinski definition) is 2. The fraction of sp³-hybridized carbons (Fsp3) is 0.500. The van der Waals surface area contributed by atoms with E-state index in [0.717, 1.165) is 0 Å². The van der Waals surface area contributed by atoms with Crippen molar-refractivity contribution in [2.45, 2.75) is 0 Å². The van der Waals surface area contributed by atoms with Crippen LogP contribution in [0.25, 0.3) is 0 Å². The first kappa shape index (κ1) is 15.7. The Bertz CT molecular complexity index is 49.0. The van der Waals surface area contributed by atoms with E-state index in [2.05, 4.69) is 11.6 Å². The van der Waals surface area contributed by atoms with E-state index < -0.39 is 11.8 Å². The Kier molecular flexibility index (Phi) is 22.1. The van der Waals surface area contributed by atoms with Crippen molar-refractivity contribution in [2.24, 2.45) is 0 Å². The summed E-state index contributed by atoms with van der Waals surface area (Å²) in [5, 5.41) is 9.12. The second-order valence-corrected chi connectivity index (χ2v) is 0.773. The van der Waals surface area contributed by atoms with Gasteiger partial charge >= 0.3 is 21.7 Å². The SMILES string of the molecule is O=C([O-])CCl.[Cl-].[Ti+2]. The third-order valence-corrected chi connectivity index (χ3v) is 0.327. The van der Waals surface area contributed by atoms with Gasteiger partial charge in [0.2, 0.25) is 0 Å². The zero-order valence-corrected chi connectivity index (χ0v) is 6.35. The van der Waals surface area contributed by atoms with E-state index in [9.17, 15) is 0 Å². The molecule has 0 saturated carbocycles. The van der Waals surface area contributed by atoms with Crippen molar-refractivity contribution < 1.29 is 44.0 Å². The summed E-state index contributed by atoms with van der Waals surface area (Å²) >= 11 is 4.67. The second kappa shape index (κ2) is 9.90. The first-order valence-corrected chi connectivity index (χ1v) is 1.56. The minimum Gasteiger partial charge on any atom is -1.00 e. The smallest absolute Gasteiger partial charge is 1.00 e. The van der Waals surface area contributed by atoms with E-state index in [1.165, 1.54) is 0 Å². The molecule has 0 bridgehead atoms. The maximum atomic E-state index is 9.12. The van der Waals surface area contributed by atoms with Gasteiger partial charge in [-0.3, -0.25) is 0 Å².